The highest BCUT2D eigenvalue weighted by Crippen LogP contribution is 2.30. The van der Waals surface area contributed by atoms with Gasteiger partial charge in [0.1, 0.15) is 6.17 Å². The monoisotopic (exact) mass is 236 g/mol. The van der Waals surface area contributed by atoms with E-state index in [2.05, 4.69) is 0 Å². The Bertz CT molecular complexity index is 396. The van der Waals surface area contributed by atoms with Gasteiger partial charge in [-0.2, -0.15) is 0 Å². The van der Waals surface area contributed by atoms with Crippen LogP contribution in [0.4, 0.5) is 4.39 Å². The SMILES string of the molecule is CC(c1ccccc1)N1C[C@@H](F)C[C@H]1C(N)=O. The van der Waals surface area contributed by atoms with Crippen LogP contribution in [0.25, 0.3) is 0 Å². The molecular weight excluding hydrogens is 219 g/mol. The number of carbonyl (C=O) groups excluding carboxylic acids is 1. The number of hydrogen-bond acceptors (Lipinski definition) is 2. The van der Waals surface area contributed by atoms with Crippen LogP contribution < -0.4 is 5.73 Å². The zero-order chi connectivity index (χ0) is 12.4. The maximum atomic E-state index is 13.4. The van der Waals surface area contributed by atoms with E-state index in [1.807, 2.05) is 42.2 Å². The maximum absolute atomic E-state index is 13.4. The van der Waals surface area contributed by atoms with E-state index in [0.29, 0.717) is 0 Å². The fourth-order valence-electron chi connectivity index (χ4n) is 2.44. The molecule has 1 aromatic rings. The summed E-state index contributed by atoms with van der Waals surface area (Å²) in [5, 5.41) is 0. The van der Waals surface area contributed by atoms with E-state index in [0.717, 1.165) is 5.56 Å². The van der Waals surface area contributed by atoms with Crippen molar-refractivity contribution in [2.45, 2.75) is 31.6 Å². The van der Waals surface area contributed by atoms with Gasteiger partial charge in [-0.3, -0.25) is 9.69 Å². The highest BCUT2D eigenvalue weighted by molar-refractivity contribution is 5.80. The van der Waals surface area contributed by atoms with Crippen LogP contribution in [0, 0.1) is 0 Å². The van der Waals surface area contributed by atoms with Crippen LogP contribution in [0.1, 0.15) is 24.9 Å². The molecule has 1 aromatic carbocycles. The Kier molecular flexibility index (Phi) is 3.43. The summed E-state index contributed by atoms with van der Waals surface area (Å²) in [6, 6.07) is 9.30. The Labute approximate surface area is 100 Å². The average molecular weight is 236 g/mol. The van der Waals surface area contributed by atoms with Crippen LogP contribution >= 0.6 is 0 Å². The highest BCUT2D eigenvalue weighted by Gasteiger charge is 2.38. The first-order valence-electron chi connectivity index (χ1n) is 5.83. The summed E-state index contributed by atoms with van der Waals surface area (Å²) in [5.74, 6) is -0.437. The van der Waals surface area contributed by atoms with Gasteiger partial charge < -0.3 is 5.73 Å². The van der Waals surface area contributed by atoms with E-state index in [1.54, 1.807) is 0 Å². The highest BCUT2D eigenvalue weighted by atomic mass is 19.1. The Morgan fingerprint density at radius 2 is 2.12 bits per heavy atom. The van der Waals surface area contributed by atoms with E-state index in [4.69, 9.17) is 5.73 Å². The fraction of sp³-hybridized carbons (Fsp3) is 0.462. The molecule has 0 saturated carbocycles. The minimum atomic E-state index is -0.960. The van der Waals surface area contributed by atoms with Crippen molar-refractivity contribution in [2.24, 2.45) is 5.73 Å². The van der Waals surface area contributed by atoms with Gasteiger partial charge in [0.25, 0.3) is 0 Å². The topological polar surface area (TPSA) is 46.3 Å². The van der Waals surface area contributed by atoms with Gasteiger partial charge in [0.15, 0.2) is 0 Å². The summed E-state index contributed by atoms with van der Waals surface area (Å²) in [5.41, 5.74) is 6.40. The number of rotatable bonds is 3. The van der Waals surface area contributed by atoms with Gasteiger partial charge in [-0.05, 0) is 12.5 Å². The second-order valence-corrected chi connectivity index (χ2v) is 4.53. The third-order valence-corrected chi connectivity index (χ3v) is 3.40. The Balaban J connectivity index is 2.18. The molecule has 1 unspecified atom stereocenters. The zero-order valence-corrected chi connectivity index (χ0v) is 9.84. The third-order valence-electron chi connectivity index (χ3n) is 3.40. The third kappa shape index (κ3) is 2.47. The molecule has 17 heavy (non-hydrogen) atoms. The molecule has 4 heteroatoms. The smallest absolute Gasteiger partial charge is 0.234 e. The number of nitrogens with two attached hydrogens (primary N) is 1. The maximum Gasteiger partial charge on any atom is 0.234 e. The summed E-state index contributed by atoms with van der Waals surface area (Å²) in [7, 11) is 0. The normalized spacial score (nSPS) is 26.9. The van der Waals surface area contributed by atoms with Gasteiger partial charge in [0.05, 0.1) is 6.04 Å². The first-order chi connectivity index (χ1) is 8.09. The molecule has 1 saturated heterocycles. The van der Waals surface area contributed by atoms with E-state index in [-0.39, 0.29) is 19.0 Å². The molecule has 3 atom stereocenters. The lowest BCUT2D eigenvalue weighted by molar-refractivity contribution is -0.122. The van der Waals surface area contributed by atoms with Crippen LogP contribution in [0.2, 0.25) is 0 Å². The van der Waals surface area contributed by atoms with Gasteiger partial charge in [-0.25, -0.2) is 4.39 Å². The van der Waals surface area contributed by atoms with Crippen molar-refractivity contribution in [3.8, 4) is 0 Å². The van der Waals surface area contributed by atoms with Gasteiger partial charge >= 0.3 is 0 Å². The standard InChI is InChI=1S/C13H17FN2O/c1-9(10-5-3-2-4-6-10)16-8-11(14)7-12(16)13(15)17/h2-6,9,11-12H,7-8H2,1H3,(H2,15,17)/t9?,11-,12-/m0/s1. The van der Waals surface area contributed by atoms with Gasteiger partial charge in [0.2, 0.25) is 5.91 Å². The minimum Gasteiger partial charge on any atom is -0.368 e. The van der Waals surface area contributed by atoms with Crippen molar-refractivity contribution in [1.29, 1.82) is 0 Å². The molecule has 0 spiro atoms. The number of carbonyl (C=O) groups is 1. The molecule has 1 heterocycles. The number of amides is 1. The number of primary amides is 1. The van der Waals surface area contributed by atoms with E-state index < -0.39 is 18.1 Å². The Hall–Kier alpha value is -1.42. The first-order valence-corrected chi connectivity index (χ1v) is 5.83. The molecule has 0 aromatic heterocycles. The molecule has 0 aliphatic carbocycles. The number of benzene rings is 1. The van der Waals surface area contributed by atoms with E-state index in [1.165, 1.54) is 0 Å². The Morgan fingerprint density at radius 3 is 2.71 bits per heavy atom. The molecular formula is C13H17FN2O. The van der Waals surface area contributed by atoms with Gasteiger partial charge in [0, 0.05) is 19.0 Å². The summed E-state index contributed by atoms with van der Waals surface area (Å²) >= 11 is 0. The molecule has 0 bridgehead atoms. The van der Waals surface area contributed by atoms with Crippen LogP contribution in [-0.4, -0.2) is 29.6 Å². The number of hydrogen-bond donors (Lipinski definition) is 1. The second-order valence-electron chi connectivity index (χ2n) is 4.53. The lowest BCUT2D eigenvalue weighted by Gasteiger charge is -2.28. The number of nitrogens with zero attached hydrogens (tertiary/aromatic N) is 1. The second kappa shape index (κ2) is 4.84. The van der Waals surface area contributed by atoms with Crippen LogP contribution in [0.3, 0.4) is 0 Å². The Morgan fingerprint density at radius 1 is 1.47 bits per heavy atom. The van der Waals surface area contributed by atoms with Crippen molar-refractivity contribution in [2.75, 3.05) is 6.54 Å². The average Bonchev–Trinajstić information content (AvgIpc) is 2.72. The summed E-state index contributed by atoms with van der Waals surface area (Å²) < 4.78 is 13.4. The molecule has 1 amide bonds. The summed E-state index contributed by atoms with van der Waals surface area (Å²) in [4.78, 5) is 13.2. The van der Waals surface area contributed by atoms with Crippen LogP contribution in [0.15, 0.2) is 30.3 Å². The molecule has 2 N–H and O–H groups in total. The lowest BCUT2D eigenvalue weighted by Crippen LogP contribution is -2.41. The number of likely N-dealkylation sites (tertiary alicyclic amines) is 1. The molecule has 92 valence electrons. The van der Waals surface area contributed by atoms with Crippen molar-refractivity contribution < 1.29 is 9.18 Å². The molecule has 1 aliphatic heterocycles. The number of halogens is 1. The van der Waals surface area contributed by atoms with Crippen molar-refractivity contribution in [3.05, 3.63) is 35.9 Å². The summed E-state index contributed by atoms with van der Waals surface area (Å²) in [6.45, 7) is 2.26. The number of alkyl halides is 1. The fourth-order valence-corrected chi connectivity index (χ4v) is 2.44. The summed E-state index contributed by atoms with van der Waals surface area (Å²) in [6.07, 6.45) is -0.745. The molecule has 1 aliphatic rings. The molecule has 0 radical (unpaired) electrons. The molecule has 3 nitrogen and oxygen atoms in total. The molecule has 1 fully saturated rings. The first kappa shape index (κ1) is 12.0. The van der Waals surface area contributed by atoms with Gasteiger partial charge in [-0.1, -0.05) is 30.3 Å². The van der Waals surface area contributed by atoms with Crippen LogP contribution in [-0.2, 0) is 4.79 Å². The van der Waals surface area contributed by atoms with Crippen molar-refractivity contribution in [3.63, 3.8) is 0 Å². The van der Waals surface area contributed by atoms with E-state index >= 15 is 0 Å². The minimum absolute atomic E-state index is 0.00875. The van der Waals surface area contributed by atoms with Gasteiger partial charge in [-0.15, -0.1) is 0 Å². The van der Waals surface area contributed by atoms with Crippen molar-refractivity contribution in [1.82, 2.24) is 4.90 Å². The zero-order valence-electron chi connectivity index (χ0n) is 9.84. The van der Waals surface area contributed by atoms with Crippen LogP contribution in [0.5, 0.6) is 0 Å². The quantitative estimate of drug-likeness (QED) is 0.867. The van der Waals surface area contributed by atoms with Crippen molar-refractivity contribution >= 4 is 5.91 Å². The van der Waals surface area contributed by atoms with E-state index in [9.17, 15) is 9.18 Å². The lowest BCUT2D eigenvalue weighted by atomic mass is 10.1. The predicted octanol–water partition coefficient (Wildman–Crippen LogP) is 1.65. The molecule has 2 rings (SSSR count). The predicted molar refractivity (Wildman–Crippen MR) is 64.1 cm³/mol. The largest absolute Gasteiger partial charge is 0.368 e.